The standard InChI is InChI=1S/C9H21BN/c1-8(2,3)7-10-9(4,5)11-6/h11H,7H2,1-6H3. The minimum absolute atomic E-state index is 0.174. The Morgan fingerprint density at radius 1 is 1.09 bits per heavy atom. The Morgan fingerprint density at radius 3 is 1.82 bits per heavy atom. The Hall–Kier alpha value is 0.0249. The second-order valence-corrected chi connectivity index (χ2v) is 4.94. The third-order valence-electron chi connectivity index (χ3n) is 1.87. The van der Waals surface area contributed by atoms with Crippen LogP contribution in [0.2, 0.25) is 6.32 Å². The second-order valence-electron chi connectivity index (χ2n) is 4.94. The van der Waals surface area contributed by atoms with Crippen LogP contribution in [0.5, 0.6) is 0 Å². The van der Waals surface area contributed by atoms with Crippen LogP contribution < -0.4 is 5.32 Å². The van der Waals surface area contributed by atoms with Gasteiger partial charge in [0.1, 0.15) is 7.28 Å². The normalized spacial score (nSPS) is 13.3. The maximum atomic E-state index is 3.26. The second kappa shape index (κ2) is 3.62. The van der Waals surface area contributed by atoms with Gasteiger partial charge in [-0.2, -0.15) is 0 Å². The molecule has 1 N–H and O–H groups in total. The highest BCUT2D eigenvalue weighted by molar-refractivity contribution is 6.40. The van der Waals surface area contributed by atoms with Crippen molar-refractivity contribution in [2.45, 2.75) is 46.4 Å². The minimum atomic E-state index is 0.174. The molecule has 0 aliphatic heterocycles. The molecule has 0 unspecified atom stereocenters. The van der Waals surface area contributed by atoms with Crippen LogP contribution >= 0.6 is 0 Å². The average molecular weight is 154 g/mol. The highest BCUT2D eigenvalue weighted by Crippen LogP contribution is 2.20. The zero-order valence-electron chi connectivity index (χ0n) is 8.78. The van der Waals surface area contributed by atoms with Gasteiger partial charge in [-0.1, -0.05) is 40.9 Å². The van der Waals surface area contributed by atoms with Gasteiger partial charge >= 0.3 is 0 Å². The number of hydrogen-bond acceptors (Lipinski definition) is 1. The Morgan fingerprint density at radius 2 is 1.55 bits per heavy atom. The topological polar surface area (TPSA) is 12.0 Å². The van der Waals surface area contributed by atoms with Crippen molar-refractivity contribution in [1.82, 2.24) is 5.32 Å². The molecule has 1 nitrogen and oxygen atoms in total. The largest absolute Gasteiger partial charge is 0.322 e. The van der Waals surface area contributed by atoms with Gasteiger partial charge in [-0.3, -0.25) is 0 Å². The number of nitrogens with one attached hydrogen (secondary N) is 1. The van der Waals surface area contributed by atoms with Gasteiger partial charge < -0.3 is 5.32 Å². The molecule has 0 aromatic heterocycles. The molecule has 0 fully saturated rings. The van der Waals surface area contributed by atoms with Crippen molar-refractivity contribution in [2.24, 2.45) is 5.41 Å². The first kappa shape index (κ1) is 11.0. The Balaban J connectivity index is 3.70. The lowest BCUT2D eigenvalue weighted by atomic mass is 9.53. The molecule has 2 heteroatoms. The summed E-state index contributed by atoms with van der Waals surface area (Å²) >= 11 is 0. The fourth-order valence-electron chi connectivity index (χ4n) is 0.663. The molecule has 0 saturated carbocycles. The zero-order chi connectivity index (χ0) is 9.12. The van der Waals surface area contributed by atoms with E-state index in [9.17, 15) is 0 Å². The monoisotopic (exact) mass is 154 g/mol. The Kier molecular flexibility index (Phi) is 3.63. The fourth-order valence-corrected chi connectivity index (χ4v) is 0.663. The van der Waals surface area contributed by atoms with E-state index in [0.717, 1.165) is 6.32 Å². The Bertz CT molecular complexity index is 113. The van der Waals surface area contributed by atoms with Gasteiger partial charge in [-0.05, 0) is 17.9 Å². The van der Waals surface area contributed by atoms with Crippen LogP contribution in [0.1, 0.15) is 34.6 Å². The molecule has 11 heavy (non-hydrogen) atoms. The van der Waals surface area contributed by atoms with Gasteiger partial charge in [0, 0.05) is 0 Å². The van der Waals surface area contributed by atoms with Crippen LogP contribution in [-0.4, -0.2) is 19.8 Å². The molecule has 0 aromatic carbocycles. The number of rotatable bonds is 3. The van der Waals surface area contributed by atoms with Crippen LogP contribution in [0.25, 0.3) is 0 Å². The maximum absolute atomic E-state index is 3.26. The summed E-state index contributed by atoms with van der Waals surface area (Å²) in [5, 5.41) is 3.26. The van der Waals surface area contributed by atoms with Crippen molar-refractivity contribution in [3.63, 3.8) is 0 Å². The molecule has 0 bridgehead atoms. The van der Waals surface area contributed by atoms with E-state index in [1.807, 2.05) is 7.05 Å². The van der Waals surface area contributed by atoms with Crippen molar-refractivity contribution in [3.05, 3.63) is 0 Å². The molecule has 0 amide bonds. The van der Waals surface area contributed by atoms with Gasteiger partial charge in [-0.15, -0.1) is 0 Å². The molecular weight excluding hydrogens is 133 g/mol. The van der Waals surface area contributed by atoms with E-state index in [0.29, 0.717) is 5.41 Å². The lowest BCUT2D eigenvalue weighted by Crippen LogP contribution is -2.43. The third kappa shape index (κ3) is 6.42. The molecule has 1 radical (unpaired) electrons. The van der Waals surface area contributed by atoms with Crippen molar-refractivity contribution >= 4 is 7.28 Å². The molecule has 0 atom stereocenters. The molecular formula is C9H21BN. The van der Waals surface area contributed by atoms with E-state index in [-0.39, 0.29) is 5.44 Å². The lowest BCUT2D eigenvalue weighted by molar-refractivity contribution is 0.455. The van der Waals surface area contributed by atoms with Gasteiger partial charge in [0.2, 0.25) is 0 Å². The number of hydrogen-bond donors (Lipinski definition) is 1. The first-order valence-electron chi connectivity index (χ1n) is 4.30. The molecule has 0 aromatic rings. The van der Waals surface area contributed by atoms with E-state index in [2.05, 4.69) is 47.2 Å². The maximum Gasteiger partial charge on any atom is 0.136 e. The lowest BCUT2D eigenvalue weighted by Gasteiger charge is -2.27. The summed E-state index contributed by atoms with van der Waals surface area (Å²) in [5.41, 5.74) is 0.585. The zero-order valence-corrected chi connectivity index (χ0v) is 8.78. The first-order valence-corrected chi connectivity index (χ1v) is 4.30. The van der Waals surface area contributed by atoms with Crippen LogP contribution in [-0.2, 0) is 0 Å². The van der Waals surface area contributed by atoms with E-state index < -0.39 is 0 Å². The Labute approximate surface area is 72.2 Å². The molecule has 0 aliphatic rings. The quantitative estimate of drug-likeness (QED) is 0.614. The SMILES string of the molecule is CNC(C)(C)[B]CC(C)(C)C. The van der Waals surface area contributed by atoms with Crippen molar-refractivity contribution in [3.8, 4) is 0 Å². The van der Waals surface area contributed by atoms with Crippen molar-refractivity contribution in [1.29, 1.82) is 0 Å². The smallest absolute Gasteiger partial charge is 0.136 e. The average Bonchev–Trinajstić information content (AvgIpc) is 1.83. The van der Waals surface area contributed by atoms with Gasteiger partial charge in [0.25, 0.3) is 0 Å². The van der Waals surface area contributed by atoms with Gasteiger partial charge in [0.15, 0.2) is 0 Å². The molecule has 0 rings (SSSR count). The molecule has 65 valence electrons. The van der Waals surface area contributed by atoms with Crippen LogP contribution in [0.15, 0.2) is 0 Å². The summed E-state index contributed by atoms with van der Waals surface area (Å²) in [5.74, 6) is 0. The minimum Gasteiger partial charge on any atom is -0.322 e. The predicted molar refractivity (Wildman–Crippen MR) is 53.2 cm³/mol. The van der Waals surface area contributed by atoms with Crippen LogP contribution in [0.4, 0.5) is 0 Å². The molecule has 0 saturated heterocycles. The van der Waals surface area contributed by atoms with Gasteiger partial charge in [0.05, 0.1) is 0 Å². The third-order valence-corrected chi connectivity index (χ3v) is 1.87. The van der Waals surface area contributed by atoms with Crippen molar-refractivity contribution < 1.29 is 0 Å². The summed E-state index contributed by atoms with van der Waals surface area (Å²) in [6.07, 6.45) is 1.15. The predicted octanol–water partition coefficient (Wildman–Crippen LogP) is 2.11. The summed E-state index contributed by atoms with van der Waals surface area (Å²) in [6, 6.07) is 0. The van der Waals surface area contributed by atoms with Crippen LogP contribution in [0.3, 0.4) is 0 Å². The highest BCUT2D eigenvalue weighted by Gasteiger charge is 2.20. The summed E-state index contributed by atoms with van der Waals surface area (Å²) in [4.78, 5) is 0. The summed E-state index contributed by atoms with van der Waals surface area (Å²) in [6.45, 7) is 11.2. The molecule has 0 aliphatic carbocycles. The van der Waals surface area contributed by atoms with E-state index in [1.165, 1.54) is 0 Å². The first-order chi connectivity index (χ1) is 4.77. The fraction of sp³-hybridized carbons (Fsp3) is 1.00. The van der Waals surface area contributed by atoms with Gasteiger partial charge in [-0.25, -0.2) is 0 Å². The summed E-state index contributed by atoms with van der Waals surface area (Å²) < 4.78 is 0. The highest BCUT2D eigenvalue weighted by atomic mass is 14.9. The van der Waals surface area contributed by atoms with E-state index in [4.69, 9.17) is 0 Å². The molecule has 0 spiro atoms. The summed E-state index contributed by atoms with van der Waals surface area (Å²) in [7, 11) is 4.34. The van der Waals surface area contributed by atoms with E-state index in [1.54, 1.807) is 0 Å². The van der Waals surface area contributed by atoms with Crippen molar-refractivity contribution in [2.75, 3.05) is 7.05 Å². The van der Waals surface area contributed by atoms with E-state index >= 15 is 0 Å². The van der Waals surface area contributed by atoms with Crippen LogP contribution in [0, 0.1) is 5.41 Å². The molecule has 0 heterocycles.